The molecule has 0 amide bonds. The van der Waals surface area contributed by atoms with E-state index in [1.165, 1.54) is 19.2 Å². The molecule has 9 heteroatoms. The number of hydrogen-bond donors (Lipinski definition) is 1. The first-order valence-corrected chi connectivity index (χ1v) is 11.6. The molecule has 0 saturated carbocycles. The van der Waals surface area contributed by atoms with Crippen LogP contribution in [-0.2, 0) is 16.4 Å². The molecule has 0 radical (unpaired) electrons. The van der Waals surface area contributed by atoms with Gasteiger partial charge in [0, 0.05) is 16.6 Å². The number of methoxy groups -OCH3 is 2. The smallest absolute Gasteiger partial charge is 0.265 e. The van der Waals surface area contributed by atoms with Gasteiger partial charge in [-0.1, -0.05) is 25.4 Å². The fourth-order valence-electron chi connectivity index (χ4n) is 3.75. The van der Waals surface area contributed by atoms with Crippen molar-refractivity contribution in [2.45, 2.75) is 31.2 Å². The van der Waals surface area contributed by atoms with E-state index in [1.54, 1.807) is 25.3 Å². The van der Waals surface area contributed by atoms with E-state index in [0.717, 1.165) is 18.7 Å². The molecule has 0 aliphatic carbocycles. The van der Waals surface area contributed by atoms with E-state index in [1.807, 2.05) is 0 Å². The van der Waals surface area contributed by atoms with Crippen LogP contribution in [0.15, 0.2) is 35.2 Å². The summed E-state index contributed by atoms with van der Waals surface area (Å²) in [4.78, 5) is 2.34. The summed E-state index contributed by atoms with van der Waals surface area (Å²) in [5.74, 6) is 1.31. The minimum absolute atomic E-state index is 0.0540. The molecule has 1 unspecified atom stereocenters. The van der Waals surface area contributed by atoms with Gasteiger partial charge in [-0.2, -0.15) is 0 Å². The number of likely N-dealkylation sites (N-methyl/N-ethyl adjacent to an activating group) is 1. The molecule has 7 nitrogen and oxygen atoms in total. The van der Waals surface area contributed by atoms with Crippen molar-refractivity contribution in [1.82, 2.24) is 4.90 Å². The van der Waals surface area contributed by atoms with E-state index in [4.69, 9.17) is 25.8 Å². The predicted octanol–water partition coefficient (Wildman–Crippen LogP) is 3.80. The molecule has 1 N–H and O–H groups in total. The van der Waals surface area contributed by atoms with Crippen LogP contribution in [0.25, 0.3) is 0 Å². The normalized spacial score (nSPS) is 16.0. The molecule has 0 fully saturated rings. The van der Waals surface area contributed by atoms with Gasteiger partial charge in [0.2, 0.25) is 0 Å². The molecule has 30 heavy (non-hydrogen) atoms. The summed E-state index contributed by atoms with van der Waals surface area (Å²) >= 11 is 6.04. The topological polar surface area (TPSA) is 77.1 Å². The van der Waals surface area contributed by atoms with Crippen LogP contribution in [0.4, 0.5) is 5.69 Å². The predicted molar refractivity (Wildman–Crippen MR) is 118 cm³/mol. The number of hydrogen-bond acceptors (Lipinski definition) is 6. The lowest BCUT2D eigenvalue weighted by atomic mass is 10.00. The Morgan fingerprint density at radius 1 is 1.13 bits per heavy atom. The zero-order valence-corrected chi connectivity index (χ0v) is 19.1. The van der Waals surface area contributed by atoms with Gasteiger partial charge in [0.05, 0.1) is 19.9 Å². The van der Waals surface area contributed by atoms with Crippen molar-refractivity contribution < 1.29 is 22.6 Å². The number of nitrogens with zero attached hydrogens (tertiary/aromatic N) is 1. The van der Waals surface area contributed by atoms with Gasteiger partial charge in [0.15, 0.2) is 0 Å². The Morgan fingerprint density at radius 2 is 1.80 bits per heavy atom. The number of nitrogens with one attached hydrogen (secondary N) is 1. The van der Waals surface area contributed by atoms with Crippen LogP contribution < -0.4 is 18.9 Å². The van der Waals surface area contributed by atoms with Crippen molar-refractivity contribution in [2.24, 2.45) is 0 Å². The molecule has 2 aromatic rings. The second-order valence-electron chi connectivity index (χ2n) is 6.91. The lowest BCUT2D eigenvalue weighted by molar-refractivity contribution is 0.125. The third-order valence-corrected chi connectivity index (χ3v) is 6.91. The van der Waals surface area contributed by atoms with Crippen LogP contribution in [0.5, 0.6) is 17.2 Å². The summed E-state index contributed by atoms with van der Waals surface area (Å²) in [5, 5.41) is 0.392. The van der Waals surface area contributed by atoms with E-state index in [-0.39, 0.29) is 16.6 Å². The van der Waals surface area contributed by atoms with Crippen molar-refractivity contribution in [1.29, 1.82) is 0 Å². The molecule has 0 aromatic heterocycles. The van der Waals surface area contributed by atoms with Crippen molar-refractivity contribution in [2.75, 3.05) is 38.6 Å². The third-order valence-electron chi connectivity index (χ3n) is 5.29. The Hall–Kier alpha value is -2.16. The lowest BCUT2D eigenvalue weighted by Gasteiger charge is -2.34. The largest absolute Gasteiger partial charge is 0.496 e. The number of ether oxygens (including phenoxy) is 3. The number of halogens is 1. The number of benzene rings is 2. The molecule has 0 saturated heterocycles. The molecule has 0 bridgehead atoms. The van der Waals surface area contributed by atoms with E-state index < -0.39 is 10.0 Å². The van der Waals surface area contributed by atoms with Gasteiger partial charge in [-0.15, -0.1) is 0 Å². The Bertz CT molecular complexity index is 1010. The number of rotatable bonds is 8. The number of anilines is 1. The molecule has 1 atom stereocenters. The van der Waals surface area contributed by atoms with Crippen molar-refractivity contribution >= 4 is 27.3 Å². The molecular weight excluding hydrogens is 428 g/mol. The summed E-state index contributed by atoms with van der Waals surface area (Å²) in [5.41, 5.74) is 1.01. The number of fused-ring (bicyclic) bond motifs is 1. The molecule has 164 valence electrons. The van der Waals surface area contributed by atoms with Gasteiger partial charge >= 0.3 is 0 Å². The van der Waals surface area contributed by atoms with Gasteiger partial charge in [0.25, 0.3) is 10.0 Å². The first kappa shape index (κ1) is 22.5. The van der Waals surface area contributed by atoms with Gasteiger partial charge < -0.3 is 14.2 Å². The average Bonchev–Trinajstić information content (AvgIpc) is 2.73. The third kappa shape index (κ3) is 4.45. The van der Waals surface area contributed by atoms with Gasteiger partial charge in [-0.3, -0.25) is 9.62 Å². The maximum atomic E-state index is 13.2. The van der Waals surface area contributed by atoms with E-state index in [0.29, 0.717) is 35.3 Å². The standard InChI is InChI=1S/C21H27ClN2O5S/c1-5-24(6-2)15-12-16-18(27-3)9-10-20(21(16)29-13-15)30(25,26)23-17-11-14(22)7-8-19(17)28-4/h7-11,15,23H,5-6,12-13H2,1-4H3. The van der Waals surface area contributed by atoms with E-state index in [9.17, 15) is 8.42 Å². The molecule has 3 rings (SSSR count). The summed E-state index contributed by atoms with van der Waals surface area (Å²) in [7, 11) is -0.926. The number of sulfonamides is 1. The zero-order valence-electron chi connectivity index (χ0n) is 17.6. The minimum Gasteiger partial charge on any atom is -0.496 e. The fourth-order valence-corrected chi connectivity index (χ4v) is 5.16. The summed E-state index contributed by atoms with van der Waals surface area (Å²) < 4.78 is 45.8. The quantitative estimate of drug-likeness (QED) is 0.653. The van der Waals surface area contributed by atoms with Gasteiger partial charge in [-0.05, 0) is 49.8 Å². The highest BCUT2D eigenvalue weighted by Gasteiger charge is 2.32. The van der Waals surface area contributed by atoms with Crippen molar-refractivity contribution in [3.63, 3.8) is 0 Å². The first-order chi connectivity index (χ1) is 14.3. The second kappa shape index (κ2) is 9.32. The average molecular weight is 455 g/mol. The SMILES string of the molecule is CCN(CC)C1COc2c(S(=O)(=O)Nc3cc(Cl)ccc3OC)ccc(OC)c2C1. The Balaban J connectivity index is 2.01. The highest BCUT2D eigenvalue weighted by atomic mass is 35.5. The summed E-state index contributed by atoms with van der Waals surface area (Å²) in [6, 6.07) is 8.05. The molecule has 0 spiro atoms. The molecule has 1 aliphatic heterocycles. The zero-order chi connectivity index (χ0) is 21.9. The van der Waals surface area contributed by atoms with Crippen molar-refractivity contribution in [3.8, 4) is 17.2 Å². The lowest BCUT2D eigenvalue weighted by Crippen LogP contribution is -2.43. The van der Waals surface area contributed by atoms with Gasteiger partial charge in [-0.25, -0.2) is 8.42 Å². The first-order valence-electron chi connectivity index (χ1n) is 9.77. The highest BCUT2D eigenvalue weighted by Crippen LogP contribution is 2.40. The fraction of sp³-hybridized carbons (Fsp3) is 0.429. The minimum atomic E-state index is -3.96. The Morgan fingerprint density at radius 3 is 2.43 bits per heavy atom. The van der Waals surface area contributed by atoms with E-state index >= 15 is 0 Å². The van der Waals surface area contributed by atoms with Gasteiger partial charge in [0.1, 0.15) is 28.8 Å². The second-order valence-corrected chi connectivity index (χ2v) is 9.00. The monoisotopic (exact) mass is 454 g/mol. The Labute approximate surface area is 182 Å². The van der Waals surface area contributed by atoms with Crippen LogP contribution in [0, 0.1) is 0 Å². The summed E-state index contributed by atoms with van der Waals surface area (Å²) in [6.45, 7) is 6.37. The highest BCUT2D eigenvalue weighted by molar-refractivity contribution is 7.92. The van der Waals surface area contributed by atoms with Crippen LogP contribution in [0.1, 0.15) is 19.4 Å². The van der Waals surface area contributed by atoms with Crippen LogP contribution in [0.2, 0.25) is 5.02 Å². The Kier molecular flexibility index (Phi) is 7.00. The molecule has 2 aromatic carbocycles. The molecule has 1 aliphatic rings. The molecular formula is C21H27ClN2O5S. The summed E-state index contributed by atoms with van der Waals surface area (Å²) in [6.07, 6.45) is 0.643. The van der Waals surface area contributed by atoms with E-state index in [2.05, 4.69) is 23.5 Å². The molecule has 1 heterocycles. The van der Waals surface area contributed by atoms with Crippen molar-refractivity contribution in [3.05, 3.63) is 40.9 Å². The maximum Gasteiger partial charge on any atom is 0.265 e. The van der Waals surface area contributed by atoms with Crippen LogP contribution in [-0.4, -0.2) is 53.3 Å². The van der Waals surface area contributed by atoms with Crippen LogP contribution in [0.3, 0.4) is 0 Å². The van der Waals surface area contributed by atoms with Crippen LogP contribution >= 0.6 is 11.6 Å². The maximum absolute atomic E-state index is 13.2.